The number of benzene rings is 3. The minimum atomic E-state index is -0.536. The molecular formula is C31H29FN2O3. The number of amides is 1. The van der Waals surface area contributed by atoms with Crippen molar-refractivity contribution in [2.75, 3.05) is 5.32 Å². The van der Waals surface area contributed by atoms with Crippen LogP contribution >= 0.6 is 0 Å². The topological polar surface area (TPSA) is 82.2 Å². The zero-order chi connectivity index (χ0) is 25.9. The van der Waals surface area contributed by atoms with Gasteiger partial charge < -0.3 is 15.4 Å². The molecule has 5 nitrogen and oxygen atoms in total. The van der Waals surface area contributed by atoms with Crippen molar-refractivity contribution in [2.24, 2.45) is 5.92 Å². The summed E-state index contributed by atoms with van der Waals surface area (Å²) in [5, 5.41) is 13.5. The number of aromatic amines is 1. The van der Waals surface area contributed by atoms with E-state index in [1.807, 2.05) is 0 Å². The summed E-state index contributed by atoms with van der Waals surface area (Å²) in [6.07, 6.45) is 6.32. The van der Waals surface area contributed by atoms with E-state index in [9.17, 15) is 19.1 Å². The fourth-order valence-corrected chi connectivity index (χ4v) is 5.05. The van der Waals surface area contributed by atoms with E-state index in [0.29, 0.717) is 18.5 Å². The van der Waals surface area contributed by atoms with Crippen molar-refractivity contribution < 1.29 is 19.1 Å². The summed E-state index contributed by atoms with van der Waals surface area (Å²) in [7, 11) is 0. The van der Waals surface area contributed by atoms with Gasteiger partial charge in [0.2, 0.25) is 5.91 Å². The van der Waals surface area contributed by atoms with E-state index in [2.05, 4.69) is 41.5 Å². The van der Waals surface area contributed by atoms with E-state index in [1.54, 1.807) is 24.4 Å². The SMILES string of the molecule is Cc1ccc2c(c1)C(CCC(CC(=O)Cc1c[nH]c3ccc(O)cc13)C(=O)Nc1ccc([18F])cc1)=CC2. The number of hydrogen-bond donors (Lipinski definition) is 3. The van der Waals surface area contributed by atoms with Crippen molar-refractivity contribution in [3.63, 3.8) is 0 Å². The molecule has 1 atom stereocenters. The van der Waals surface area contributed by atoms with E-state index in [1.165, 1.54) is 46.5 Å². The highest BCUT2D eigenvalue weighted by Crippen LogP contribution is 2.33. The van der Waals surface area contributed by atoms with Crippen LogP contribution in [0.4, 0.5) is 10.1 Å². The predicted octanol–water partition coefficient (Wildman–Crippen LogP) is 6.50. The first-order valence-electron chi connectivity index (χ1n) is 12.5. The predicted molar refractivity (Wildman–Crippen MR) is 144 cm³/mol. The molecule has 0 aliphatic heterocycles. The van der Waals surface area contributed by atoms with Gasteiger partial charge in [0.15, 0.2) is 0 Å². The molecule has 1 aliphatic carbocycles. The Morgan fingerprint density at radius 2 is 1.89 bits per heavy atom. The average Bonchev–Trinajstić information content (AvgIpc) is 3.46. The van der Waals surface area contributed by atoms with Crippen molar-refractivity contribution in [1.82, 2.24) is 4.98 Å². The van der Waals surface area contributed by atoms with Crippen LogP contribution < -0.4 is 5.32 Å². The Morgan fingerprint density at radius 3 is 2.70 bits per heavy atom. The number of aromatic nitrogens is 1. The lowest BCUT2D eigenvalue weighted by Crippen LogP contribution is -2.26. The molecule has 188 valence electrons. The number of anilines is 1. The number of nitrogens with one attached hydrogen (secondary N) is 2. The van der Waals surface area contributed by atoms with Crippen LogP contribution in [0.2, 0.25) is 0 Å². The second kappa shape index (κ2) is 10.4. The zero-order valence-electron chi connectivity index (χ0n) is 20.7. The lowest BCUT2D eigenvalue weighted by atomic mass is 9.90. The van der Waals surface area contributed by atoms with Crippen molar-refractivity contribution in [3.05, 3.63) is 101 Å². The maximum atomic E-state index is 13.3. The number of aromatic hydroxyl groups is 1. The zero-order valence-corrected chi connectivity index (χ0v) is 20.7. The summed E-state index contributed by atoms with van der Waals surface area (Å²) < 4.78 is 13.3. The van der Waals surface area contributed by atoms with Gasteiger partial charge >= 0.3 is 0 Å². The van der Waals surface area contributed by atoms with Gasteiger partial charge in [-0.25, -0.2) is 4.39 Å². The molecule has 0 spiro atoms. The van der Waals surface area contributed by atoms with Crippen LogP contribution in [-0.4, -0.2) is 21.8 Å². The van der Waals surface area contributed by atoms with Gasteiger partial charge in [-0.05, 0) is 90.9 Å². The molecule has 0 bridgehead atoms. The summed E-state index contributed by atoms with van der Waals surface area (Å²) in [6, 6.07) is 17.1. The van der Waals surface area contributed by atoms with Crippen LogP contribution in [0.1, 0.15) is 41.5 Å². The molecule has 0 fully saturated rings. The lowest BCUT2D eigenvalue weighted by molar-refractivity contribution is -0.126. The number of Topliss-reactive ketones (excluding diaryl/α,β-unsaturated/α-hetero) is 1. The highest BCUT2D eigenvalue weighted by molar-refractivity contribution is 5.97. The average molecular weight is 496 g/mol. The van der Waals surface area contributed by atoms with Crippen LogP contribution in [-0.2, 0) is 22.4 Å². The number of carbonyl (C=O) groups is 2. The van der Waals surface area contributed by atoms with Crippen LogP contribution in [0.25, 0.3) is 16.5 Å². The minimum Gasteiger partial charge on any atom is -0.508 e. The Kier molecular flexibility index (Phi) is 6.91. The molecule has 3 N–H and O–H groups in total. The third-order valence-corrected chi connectivity index (χ3v) is 7.04. The van der Waals surface area contributed by atoms with E-state index >= 15 is 0 Å². The van der Waals surface area contributed by atoms with Crippen LogP contribution in [0.15, 0.2) is 72.9 Å². The van der Waals surface area contributed by atoms with Crippen molar-refractivity contribution in [3.8, 4) is 5.75 Å². The second-order valence-electron chi connectivity index (χ2n) is 9.79. The Labute approximate surface area is 215 Å². The number of rotatable bonds is 9. The first-order chi connectivity index (χ1) is 17.9. The third kappa shape index (κ3) is 5.64. The highest BCUT2D eigenvalue weighted by atomic mass is 18.2. The molecule has 0 saturated carbocycles. The number of carbonyl (C=O) groups excluding carboxylic acids is 2. The smallest absolute Gasteiger partial charge is 0.227 e. The molecule has 3 aromatic carbocycles. The van der Waals surface area contributed by atoms with Crippen LogP contribution in [0, 0.1) is 18.7 Å². The molecule has 0 radical (unpaired) electrons. The Balaban J connectivity index is 1.31. The summed E-state index contributed by atoms with van der Waals surface area (Å²) in [5.41, 5.74) is 7.03. The second-order valence-corrected chi connectivity index (χ2v) is 9.79. The molecule has 5 rings (SSSR count). The van der Waals surface area contributed by atoms with Crippen molar-refractivity contribution >= 4 is 33.9 Å². The summed E-state index contributed by atoms with van der Waals surface area (Å²) >= 11 is 0. The Hall–Kier alpha value is -4.19. The van der Waals surface area contributed by atoms with Gasteiger partial charge in [0.1, 0.15) is 17.3 Å². The molecule has 0 saturated heterocycles. The van der Waals surface area contributed by atoms with Crippen molar-refractivity contribution in [2.45, 2.75) is 39.0 Å². The van der Waals surface area contributed by atoms with Gasteiger partial charge in [-0.15, -0.1) is 0 Å². The number of H-pyrrole nitrogens is 1. The summed E-state index contributed by atoms with van der Waals surface area (Å²) in [6.45, 7) is 2.07. The van der Waals surface area contributed by atoms with E-state index in [4.69, 9.17) is 0 Å². The van der Waals surface area contributed by atoms with Gasteiger partial charge in [-0.1, -0.05) is 29.8 Å². The van der Waals surface area contributed by atoms with E-state index in [-0.39, 0.29) is 36.1 Å². The number of ketones is 1. The largest absolute Gasteiger partial charge is 0.508 e. The number of allylic oxidation sites excluding steroid dienone is 2. The van der Waals surface area contributed by atoms with Gasteiger partial charge in [-0.2, -0.15) is 0 Å². The Bertz CT molecular complexity index is 1500. The summed E-state index contributed by atoms with van der Waals surface area (Å²) in [5.74, 6) is -1.08. The van der Waals surface area contributed by atoms with E-state index < -0.39 is 5.92 Å². The Morgan fingerprint density at radius 1 is 1.08 bits per heavy atom. The van der Waals surface area contributed by atoms with Crippen LogP contribution in [0.3, 0.4) is 0 Å². The van der Waals surface area contributed by atoms with Gasteiger partial charge in [0.05, 0.1) is 0 Å². The highest BCUT2D eigenvalue weighted by Gasteiger charge is 2.24. The summed E-state index contributed by atoms with van der Waals surface area (Å²) in [4.78, 5) is 29.6. The van der Waals surface area contributed by atoms with E-state index in [0.717, 1.165) is 22.9 Å². The quantitative estimate of drug-likeness (QED) is 0.248. The number of aryl methyl sites for hydroxylation is 1. The molecule has 1 unspecified atom stereocenters. The lowest BCUT2D eigenvalue weighted by Gasteiger charge is -2.17. The molecule has 1 amide bonds. The number of phenols is 1. The van der Waals surface area contributed by atoms with Gasteiger partial charge in [0, 0.05) is 41.5 Å². The van der Waals surface area contributed by atoms with Crippen molar-refractivity contribution in [1.29, 1.82) is 0 Å². The molecule has 1 aliphatic rings. The fraction of sp³-hybridized carbons (Fsp3) is 0.226. The number of fused-ring (bicyclic) bond motifs is 2. The molecule has 6 heteroatoms. The number of phenolic OH excluding ortho intramolecular Hbond substituents is 1. The molecule has 37 heavy (non-hydrogen) atoms. The first-order valence-corrected chi connectivity index (χ1v) is 12.5. The van der Waals surface area contributed by atoms with Gasteiger partial charge in [-0.3, -0.25) is 9.59 Å². The minimum absolute atomic E-state index is 0.0554. The molecule has 4 aromatic rings. The number of hydrogen-bond acceptors (Lipinski definition) is 3. The maximum absolute atomic E-state index is 13.3. The number of halogens is 1. The third-order valence-electron chi connectivity index (χ3n) is 7.04. The molecule has 1 heterocycles. The normalized spacial score (nSPS) is 13.3. The van der Waals surface area contributed by atoms with Crippen LogP contribution in [0.5, 0.6) is 5.75 Å². The van der Waals surface area contributed by atoms with Gasteiger partial charge in [0.25, 0.3) is 0 Å². The first kappa shape index (κ1) is 24.5. The fourth-order valence-electron chi connectivity index (χ4n) is 5.05. The standard InChI is InChI=1S/C31H29FN2O3/c1-19-2-3-20-4-5-21(28(20)14-19)6-7-22(31(37)34-25-10-8-24(32)9-11-25)15-27(36)16-23-18-33-30-13-12-26(35)17-29(23)30/h2-3,5,8-14,17-18,22,33,35H,4,6-7,15-16H2,1H3,(H,34,37)/i32-1. The monoisotopic (exact) mass is 495 g/mol. The molecular weight excluding hydrogens is 466 g/mol. The maximum Gasteiger partial charge on any atom is 0.227 e. The molecule has 1 aromatic heterocycles.